The van der Waals surface area contributed by atoms with Crippen LogP contribution in [-0.4, -0.2) is 41.9 Å². The van der Waals surface area contributed by atoms with Gasteiger partial charge < -0.3 is 14.1 Å². The second-order valence-electron chi connectivity index (χ2n) is 7.43. The fraction of sp³-hybridized carbons (Fsp3) is 0.261. The first-order chi connectivity index (χ1) is 15.4. The normalized spacial score (nSPS) is 14.6. The van der Waals surface area contributed by atoms with Crippen LogP contribution in [0.15, 0.2) is 57.4 Å². The third kappa shape index (κ3) is 5.80. The monoisotopic (exact) mass is 556 g/mol. The van der Waals surface area contributed by atoms with E-state index >= 15 is 0 Å². The van der Waals surface area contributed by atoms with Crippen LogP contribution in [0.4, 0.5) is 0 Å². The first-order valence-electron chi connectivity index (χ1n) is 10.0. The third-order valence-corrected chi connectivity index (χ3v) is 6.58. The molecule has 32 heavy (non-hydrogen) atoms. The molecule has 0 spiro atoms. The minimum absolute atomic E-state index is 0.123. The molecule has 3 aromatic rings. The van der Waals surface area contributed by atoms with Crippen LogP contribution in [0.1, 0.15) is 21.9 Å². The molecule has 1 amide bonds. The summed E-state index contributed by atoms with van der Waals surface area (Å²) in [7, 11) is 0. The van der Waals surface area contributed by atoms with Crippen molar-refractivity contribution in [2.24, 2.45) is 0 Å². The van der Waals surface area contributed by atoms with Gasteiger partial charge in [-0.25, -0.2) is 0 Å². The minimum Gasteiger partial charge on any atom is -0.484 e. The molecule has 2 heterocycles. The van der Waals surface area contributed by atoms with Crippen LogP contribution >= 0.6 is 50.7 Å². The van der Waals surface area contributed by atoms with Gasteiger partial charge in [0, 0.05) is 47.2 Å². The predicted octanol–water partition coefficient (Wildman–Crippen LogP) is 6.54. The average Bonchev–Trinajstić information content (AvgIpc) is 3.24. The number of rotatable bonds is 6. The van der Waals surface area contributed by atoms with E-state index in [0.717, 1.165) is 29.7 Å². The molecule has 5 nitrogen and oxygen atoms in total. The summed E-state index contributed by atoms with van der Waals surface area (Å²) in [6, 6.07) is 14.3. The molecule has 9 heteroatoms. The van der Waals surface area contributed by atoms with Gasteiger partial charge in [-0.1, -0.05) is 56.8 Å². The molecule has 0 radical (unpaired) electrons. The third-order valence-electron chi connectivity index (χ3n) is 5.20. The minimum atomic E-state index is -0.123. The van der Waals surface area contributed by atoms with E-state index in [-0.39, 0.29) is 12.5 Å². The van der Waals surface area contributed by atoms with Gasteiger partial charge in [0.2, 0.25) is 0 Å². The lowest BCUT2D eigenvalue weighted by atomic mass is 10.2. The summed E-state index contributed by atoms with van der Waals surface area (Å²) in [4.78, 5) is 16.9. The van der Waals surface area contributed by atoms with E-state index in [1.807, 2.05) is 18.2 Å². The van der Waals surface area contributed by atoms with Gasteiger partial charge in [-0.05, 0) is 48.0 Å². The summed E-state index contributed by atoms with van der Waals surface area (Å²) in [5.74, 6) is 1.29. The number of ether oxygens (including phenoxy) is 1. The number of amides is 1. The largest absolute Gasteiger partial charge is 0.484 e. The van der Waals surface area contributed by atoms with Gasteiger partial charge in [0.15, 0.2) is 5.76 Å². The van der Waals surface area contributed by atoms with Crippen molar-refractivity contribution in [3.8, 4) is 5.75 Å². The van der Waals surface area contributed by atoms with Crippen molar-refractivity contribution in [3.05, 3.63) is 85.2 Å². The number of furan rings is 1. The number of carbonyl (C=O) groups excluding carboxylic acids is 1. The van der Waals surface area contributed by atoms with Crippen molar-refractivity contribution in [3.63, 3.8) is 0 Å². The number of halogens is 4. The van der Waals surface area contributed by atoms with Gasteiger partial charge in [0.25, 0.3) is 5.91 Å². The summed E-state index contributed by atoms with van der Waals surface area (Å²) < 4.78 is 12.3. The summed E-state index contributed by atoms with van der Waals surface area (Å²) in [5.41, 5.74) is 1.03. The first-order valence-corrected chi connectivity index (χ1v) is 11.9. The Bertz CT molecular complexity index is 1110. The zero-order valence-corrected chi connectivity index (χ0v) is 20.8. The van der Waals surface area contributed by atoms with Crippen LogP contribution in [0, 0.1) is 0 Å². The lowest BCUT2D eigenvalue weighted by Crippen LogP contribution is -2.48. The number of nitrogens with zero attached hydrogens (tertiary/aromatic N) is 2. The average molecular weight is 559 g/mol. The molecule has 1 fully saturated rings. The van der Waals surface area contributed by atoms with Gasteiger partial charge in [-0.15, -0.1) is 0 Å². The van der Waals surface area contributed by atoms with E-state index in [9.17, 15) is 4.79 Å². The highest BCUT2D eigenvalue weighted by atomic mass is 79.9. The maximum atomic E-state index is 12.8. The van der Waals surface area contributed by atoms with Crippen molar-refractivity contribution in [2.75, 3.05) is 26.2 Å². The Morgan fingerprint density at radius 1 is 0.969 bits per heavy atom. The Morgan fingerprint density at radius 3 is 2.47 bits per heavy atom. The molecule has 4 rings (SSSR count). The van der Waals surface area contributed by atoms with Crippen molar-refractivity contribution < 1.29 is 13.9 Å². The standard InChI is InChI=1S/C23H20BrCl3N2O3/c24-16-2-5-21(20(27)11-16)31-14-18-4-6-22(32-18)23(30)29-9-7-28(8-10-29)13-15-1-3-17(25)12-19(15)26/h1-6,11-12H,7-10,13-14H2. The molecule has 0 atom stereocenters. The second kappa shape index (κ2) is 10.5. The van der Waals surface area contributed by atoms with Crippen LogP contribution in [-0.2, 0) is 13.2 Å². The summed E-state index contributed by atoms with van der Waals surface area (Å²) in [6.07, 6.45) is 0. The molecule has 1 saturated heterocycles. The fourth-order valence-electron chi connectivity index (χ4n) is 3.47. The first kappa shape index (κ1) is 23.5. The van der Waals surface area contributed by atoms with Crippen LogP contribution < -0.4 is 4.74 Å². The zero-order valence-electron chi connectivity index (χ0n) is 17.0. The van der Waals surface area contributed by atoms with Crippen LogP contribution in [0.25, 0.3) is 0 Å². The molecular formula is C23H20BrCl3N2O3. The highest BCUT2D eigenvalue weighted by Crippen LogP contribution is 2.28. The van der Waals surface area contributed by atoms with Gasteiger partial charge in [-0.3, -0.25) is 9.69 Å². The van der Waals surface area contributed by atoms with Crippen LogP contribution in [0.2, 0.25) is 15.1 Å². The Balaban J connectivity index is 1.29. The maximum absolute atomic E-state index is 12.8. The Hall–Kier alpha value is -1.70. The van der Waals surface area contributed by atoms with Crippen molar-refractivity contribution in [1.82, 2.24) is 9.80 Å². The summed E-state index contributed by atoms with van der Waals surface area (Å²) in [5, 5.41) is 1.78. The molecule has 0 aliphatic carbocycles. The Morgan fingerprint density at radius 2 is 1.75 bits per heavy atom. The molecule has 0 bridgehead atoms. The molecule has 0 unspecified atom stereocenters. The Kier molecular flexibility index (Phi) is 7.69. The van der Waals surface area contributed by atoms with Crippen molar-refractivity contribution in [1.29, 1.82) is 0 Å². The fourth-order valence-corrected chi connectivity index (χ4v) is 4.66. The van der Waals surface area contributed by atoms with Crippen LogP contribution in [0.5, 0.6) is 5.75 Å². The molecule has 1 aliphatic rings. The van der Waals surface area contributed by atoms with E-state index < -0.39 is 0 Å². The lowest BCUT2D eigenvalue weighted by Gasteiger charge is -2.34. The number of carbonyl (C=O) groups is 1. The molecule has 2 aromatic carbocycles. The topological polar surface area (TPSA) is 45.9 Å². The number of hydrogen-bond acceptors (Lipinski definition) is 4. The van der Waals surface area contributed by atoms with Gasteiger partial charge in [0.05, 0.1) is 5.02 Å². The maximum Gasteiger partial charge on any atom is 0.289 e. The lowest BCUT2D eigenvalue weighted by molar-refractivity contribution is 0.0594. The van der Waals surface area contributed by atoms with Crippen molar-refractivity contribution in [2.45, 2.75) is 13.2 Å². The second-order valence-corrected chi connectivity index (χ2v) is 9.60. The SMILES string of the molecule is O=C(c1ccc(COc2ccc(Br)cc2Cl)o1)N1CCN(Cc2ccc(Cl)cc2Cl)CC1. The van der Waals surface area contributed by atoms with Gasteiger partial charge in [0.1, 0.15) is 18.1 Å². The number of benzene rings is 2. The number of hydrogen-bond donors (Lipinski definition) is 0. The number of piperazine rings is 1. The van der Waals surface area contributed by atoms with E-state index in [1.165, 1.54) is 0 Å². The van der Waals surface area contributed by atoms with E-state index in [4.69, 9.17) is 44.0 Å². The highest BCUT2D eigenvalue weighted by Gasteiger charge is 2.24. The van der Waals surface area contributed by atoms with Crippen molar-refractivity contribution >= 4 is 56.6 Å². The summed E-state index contributed by atoms with van der Waals surface area (Å²) >= 11 is 21.8. The quantitative estimate of drug-likeness (QED) is 0.345. The predicted molar refractivity (Wildman–Crippen MR) is 130 cm³/mol. The molecule has 168 valence electrons. The molecular weight excluding hydrogens is 539 g/mol. The Labute approximate surface area is 209 Å². The van der Waals surface area contributed by atoms with Gasteiger partial charge in [-0.2, -0.15) is 0 Å². The zero-order chi connectivity index (χ0) is 22.7. The smallest absolute Gasteiger partial charge is 0.289 e. The van der Waals surface area contributed by atoms with E-state index in [2.05, 4.69) is 20.8 Å². The van der Waals surface area contributed by atoms with E-state index in [0.29, 0.717) is 45.4 Å². The molecule has 0 N–H and O–H groups in total. The van der Waals surface area contributed by atoms with E-state index in [1.54, 1.807) is 35.2 Å². The molecule has 1 aliphatic heterocycles. The highest BCUT2D eigenvalue weighted by molar-refractivity contribution is 9.10. The molecule has 0 saturated carbocycles. The van der Waals surface area contributed by atoms with Gasteiger partial charge >= 0.3 is 0 Å². The molecule has 1 aromatic heterocycles. The summed E-state index contributed by atoms with van der Waals surface area (Å²) in [6.45, 7) is 3.65. The van der Waals surface area contributed by atoms with Crippen LogP contribution in [0.3, 0.4) is 0 Å².